The molecule has 0 aromatic heterocycles. The summed E-state index contributed by atoms with van der Waals surface area (Å²) >= 11 is 3.44. The van der Waals surface area contributed by atoms with E-state index in [1.165, 1.54) is 0 Å². The van der Waals surface area contributed by atoms with E-state index in [9.17, 15) is 0 Å². The van der Waals surface area contributed by atoms with Crippen LogP contribution in [0.3, 0.4) is 0 Å². The molecule has 1 rings (SSSR count). The first-order valence-corrected chi connectivity index (χ1v) is 5.97. The van der Waals surface area contributed by atoms with Crippen molar-refractivity contribution in [2.75, 3.05) is 13.7 Å². The third kappa shape index (κ3) is 4.22. The van der Waals surface area contributed by atoms with Crippen molar-refractivity contribution in [3.05, 3.63) is 28.2 Å². The molecule has 1 aromatic rings. The molecule has 0 spiro atoms. The first kappa shape index (κ1) is 12.5. The lowest BCUT2D eigenvalue weighted by atomic mass is 10.2. The van der Waals surface area contributed by atoms with Gasteiger partial charge in [0.2, 0.25) is 0 Å². The van der Waals surface area contributed by atoms with Gasteiger partial charge in [0.25, 0.3) is 0 Å². The lowest BCUT2D eigenvalue weighted by Crippen LogP contribution is -1.98. The lowest BCUT2D eigenvalue weighted by molar-refractivity contribution is 0.116. The van der Waals surface area contributed by atoms with Crippen molar-refractivity contribution in [3.8, 4) is 5.75 Å². The van der Waals surface area contributed by atoms with E-state index in [1.807, 2.05) is 18.2 Å². The molecule has 0 radical (unpaired) electrons. The number of methoxy groups -OCH3 is 1. The van der Waals surface area contributed by atoms with Crippen molar-refractivity contribution in [2.45, 2.75) is 26.4 Å². The van der Waals surface area contributed by atoms with Gasteiger partial charge in [-0.25, -0.2) is 0 Å². The largest absolute Gasteiger partial charge is 0.496 e. The fraction of sp³-hybridized carbons (Fsp3) is 0.500. The Labute approximate surface area is 99.7 Å². The molecule has 0 aliphatic heterocycles. The number of rotatable bonds is 6. The molecule has 2 nitrogen and oxygen atoms in total. The van der Waals surface area contributed by atoms with Crippen molar-refractivity contribution in [2.24, 2.45) is 0 Å². The van der Waals surface area contributed by atoms with E-state index < -0.39 is 0 Å². The molecule has 0 saturated heterocycles. The summed E-state index contributed by atoms with van der Waals surface area (Å²) < 4.78 is 11.9. The first-order valence-electron chi connectivity index (χ1n) is 5.18. The summed E-state index contributed by atoms with van der Waals surface area (Å²) in [6, 6.07) is 5.95. The standard InChI is InChI=1S/C12H17BrO2/c1-3-4-7-15-9-10-8-11(13)5-6-12(10)14-2/h5-6,8H,3-4,7,9H2,1-2H3. The maximum Gasteiger partial charge on any atom is 0.124 e. The van der Waals surface area contributed by atoms with Crippen LogP contribution in [0.4, 0.5) is 0 Å². The Balaban J connectivity index is 2.54. The van der Waals surface area contributed by atoms with Crippen LogP contribution in [-0.4, -0.2) is 13.7 Å². The van der Waals surface area contributed by atoms with Gasteiger partial charge in [0, 0.05) is 16.6 Å². The average Bonchev–Trinajstić information content (AvgIpc) is 2.25. The zero-order chi connectivity index (χ0) is 11.1. The molecule has 0 N–H and O–H groups in total. The second-order valence-corrected chi connectivity index (χ2v) is 4.28. The van der Waals surface area contributed by atoms with Gasteiger partial charge in [-0.15, -0.1) is 0 Å². The third-order valence-electron chi connectivity index (χ3n) is 2.14. The van der Waals surface area contributed by atoms with E-state index in [0.717, 1.165) is 35.2 Å². The van der Waals surface area contributed by atoms with Crippen molar-refractivity contribution in [1.29, 1.82) is 0 Å². The Bertz CT molecular complexity index is 300. The normalized spacial score (nSPS) is 10.3. The molecule has 0 unspecified atom stereocenters. The zero-order valence-electron chi connectivity index (χ0n) is 9.25. The average molecular weight is 273 g/mol. The molecular weight excluding hydrogens is 256 g/mol. The second-order valence-electron chi connectivity index (χ2n) is 3.36. The molecule has 0 aliphatic carbocycles. The van der Waals surface area contributed by atoms with Crippen molar-refractivity contribution in [1.82, 2.24) is 0 Å². The minimum absolute atomic E-state index is 0.614. The van der Waals surface area contributed by atoms with Crippen LogP contribution < -0.4 is 4.74 Å². The topological polar surface area (TPSA) is 18.5 Å². The van der Waals surface area contributed by atoms with Crippen molar-refractivity contribution in [3.63, 3.8) is 0 Å². The van der Waals surface area contributed by atoms with Gasteiger partial charge in [0.15, 0.2) is 0 Å². The number of benzene rings is 1. The maximum absolute atomic E-state index is 5.56. The smallest absolute Gasteiger partial charge is 0.124 e. The lowest BCUT2D eigenvalue weighted by Gasteiger charge is -2.09. The molecule has 0 bridgehead atoms. The number of hydrogen-bond donors (Lipinski definition) is 0. The van der Waals surface area contributed by atoms with Gasteiger partial charge in [-0.3, -0.25) is 0 Å². The minimum atomic E-state index is 0.614. The Kier molecular flexibility index (Phi) is 5.73. The Morgan fingerprint density at radius 1 is 1.33 bits per heavy atom. The van der Waals surface area contributed by atoms with E-state index in [2.05, 4.69) is 22.9 Å². The van der Waals surface area contributed by atoms with Crippen LogP contribution in [0.5, 0.6) is 5.75 Å². The fourth-order valence-corrected chi connectivity index (χ4v) is 1.70. The highest BCUT2D eigenvalue weighted by Gasteiger charge is 2.03. The van der Waals surface area contributed by atoms with E-state index in [-0.39, 0.29) is 0 Å². The van der Waals surface area contributed by atoms with E-state index in [1.54, 1.807) is 7.11 Å². The Morgan fingerprint density at radius 3 is 2.80 bits per heavy atom. The summed E-state index contributed by atoms with van der Waals surface area (Å²) in [7, 11) is 1.68. The SMILES string of the molecule is CCCCOCc1cc(Br)ccc1OC. The molecular formula is C12H17BrO2. The zero-order valence-corrected chi connectivity index (χ0v) is 10.8. The van der Waals surface area contributed by atoms with Crippen LogP contribution in [0.2, 0.25) is 0 Å². The summed E-state index contributed by atoms with van der Waals surface area (Å²) in [5.74, 6) is 0.884. The van der Waals surface area contributed by atoms with Crippen LogP contribution in [0.15, 0.2) is 22.7 Å². The molecule has 0 amide bonds. The molecule has 0 atom stereocenters. The van der Waals surface area contributed by atoms with E-state index >= 15 is 0 Å². The van der Waals surface area contributed by atoms with Crippen LogP contribution in [0.25, 0.3) is 0 Å². The predicted octanol–water partition coefficient (Wildman–Crippen LogP) is 3.77. The van der Waals surface area contributed by atoms with Gasteiger partial charge in [-0.1, -0.05) is 29.3 Å². The summed E-state index contributed by atoms with van der Waals surface area (Å²) in [5.41, 5.74) is 1.09. The molecule has 0 heterocycles. The predicted molar refractivity (Wildman–Crippen MR) is 65.3 cm³/mol. The van der Waals surface area contributed by atoms with Crippen molar-refractivity contribution >= 4 is 15.9 Å². The molecule has 3 heteroatoms. The van der Waals surface area contributed by atoms with Crippen LogP contribution in [0.1, 0.15) is 25.3 Å². The molecule has 84 valence electrons. The van der Waals surface area contributed by atoms with Gasteiger partial charge in [-0.05, 0) is 24.6 Å². The Hall–Kier alpha value is -0.540. The summed E-state index contributed by atoms with van der Waals surface area (Å²) in [4.78, 5) is 0. The summed E-state index contributed by atoms with van der Waals surface area (Å²) in [5, 5.41) is 0. The first-order chi connectivity index (χ1) is 7.27. The highest BCUT2D eigenvalue weighted by molar-refractivity contribution is 9.10. The van der Waals surface area contributed by atoms with Gasteiger partial charge < -0.3 is 9.47 Å². The van der Waals surface area contributed by atoms with Gasteiger partial charge >= 0.3 is 0 Å². The number of halogens is 1. The minimum Gasteiger partial charge on any atom is -0.496 e. The summed E-state index contributed by atoms with van der Waals surface area (Å²) in [6.45, 7) is 3.58. The van der Waals surface area contributed by atoms with Gasteiger partial charge in [0.05, 0.1) is 13.7 Å². The monoisotopic (exact) mass is 272 g/mol. The molecule has 0 fully saturated rings. The van der Waals surface area contributed by atoms with Crippen molar-refractivity contribution < 1.29 is 9.47 Å². The molecule has 15 heavy (non-hydrogen) atoms. The number of unbranched alkanes of at least 4 members (excludes halogenated alkanes) is 1. The highest BCUT2D eigenvalue weighted by Crippen LogP contribution is 2.23. The highest BCUT2D eigenvalue weighted by atomic mass is 79.9. The van der Waals surface area contributed by atoms with E-state index in [0.29, 0.717) is 6.61 Å². The fourth-order valence-electron chi connectivity index (χ4n) is 1.29. The molecule has 0 aliphatic rings. The summed E-state index contributed by atoms with van der Waals surface area (Å²) in [6.07, 6.45) is 2.27. The van der Waals surface area contributed by atoms with E-state index in [4.69, 9.17) is 9.47 Å². The van der Waals surface area contributed by atoms with Gasteiger partial charge in [0.1, 0.15) is 5.75 Å². The Morgan fingerprint density at radius 2 is 2.13 bits per heavy atom. The maximum atomic E-state index is 5.56. The van der Waals surface area contributed by atoms with Crippen LogP contribution >= 0.6 is 15.9 Å². The third-order valence-corrected chi connectivity index (χ3v) is 2.64. The quantitative estimate of drug-likeness (QED) is 0.734. The van der Waals surface area contributed by atoms with Crippen LogP contribution in [-0.2, 0) is 11.3 Å². The number of hydrogen-bond acceptors (Lipinski definition) is 2. The van der Waals surface area contributed by atoms with Gasteiger partial charge in [-0.2, -0.15) is 0 Å². The molecule has 0 saturated carbocycles. The van der Waals surface area contributed by atoms with Crippen LogP contribution in [0, 0.1) is 0 Å². The molecule has 1 aromatic carbocycles. The second kappa shape index (κ2) is 6.85. The number of ether oxygens (including phenoxy) is 2.